The molecule has 0 spiro atoms. The van der Waals surface area contributed by atoms with Crippen LogP contribution in [0.1, 0.15) is 39.2 Å². The first-order valence-electron chi connectivity index (χ1n) is 8.57. The Hall–Kier alpha value is -1.41. The quantitative estimate of drug-likeness (QED) is 0.738. The predicted octanol–water partition coefficient (Wildman–Crippen LogP) is 4.54. The molecule has 1 aliphatic rings. The number of carbonyl (C=O) groups is 1. The number of ether oxygens (including phenoxy) is 2. The lowest BCUT2D eigenvalue weighted by Crippen LogP contribution is -2.48. The van der Waals surface area contributed by atoms with E-state index < -0.39 is 18.3 Å². The van der Waals surface area contributed by atoms with Gasteiger partial charge in [0.25, 0.3) is 0 Å². The molecule has 1 amide bonds. The zero-order valence-corrected chi connectivity index (χ0v) is 16.8. The van der Waals surface area contributed by atoms with E-state index in [4.69, 9.17) is 4.74 Å². The Kier molecular flexibility index (Phi) is 7.23. The van der Waals surface area contributed by atoms with Crippen molar-refractivity contribution in [3.8, 4) is 5.75 Å². The lowest BCUT2D eigenvalue weighted by Gasteiger charge is -2.33. The van der Waals surface area contributed by atoms with Crippen LogP contribution in [0.3, 0.4) is 0 Å². The molecule has 1 aliphatic heterocycles. The van der Waals surface area contributed by atoms with Crippen LogP contribution in [0.2, 0.25) is 0 Å². The largest absolute Gasteiger partial charge is 0.444 e. The van der Waals surface area contributed by atoms with Crippen molar-refractivity contribution in [2.24, 2.45) is 0 Å². The van der Waals surface area contributed by atoms with E-state index in [-0.39, 0.29) is 11.8 Å². The normalized spacial score (nSPS) is 18.7. The molecule has 0 aliphatic carbocycles. The molecule has 0 unspecified atom stereocenters. The van der Waals surface area contributed by atoms with Gasteiger partial charge in [0.2, 0.25) is 0 Å². The maximum absolute atomic E-state index is 12.3. The van der Waals surface area contributed by atoms with E-state index in [2.05, 4.69) is 30.9 Å². The molecule has 0 bridgehead atoms. The number of carbonyl (C=O) groups excluding carboxylic acids is 1. The van der Waals surface area contributed by atoms with Crippen LogP contribution in [-0.2, 0) is 11.3 Å². The summed E-state index contributed by atoms with van der Waals surface area (Å²) in [5.41, 5.74) is 0.462. The van der Waals surface area contributed by atoms with E-state index in [0.717, 1.165) is 24.9 Å². The van der Waals surface area contributed by atoms with E-state index in [1.54, 1.807) is 12.1 Å². The van der Waals surface area contributed by atoms with E-state index in [1.165, 1.54) is 6.07 Å². The third-order valence-corrected chi connectivity index (χ3v) is 4.46. The van der Waals surface area contributed by atoms with Crippen molar-refractivity contribution in [1.29, 1.82) is 0 Å². The summed E-state index contributed by atoms with van der Waals surface area (Å²) in [5, 5.41) is 2.92. The minimum absolute atomic E-state index is 0.0310. The topological polar surface area (TPSA) is 50.8 Å². The van der Waals surface area contributed by atoms with Gasteiger partial charge in [0, 0.05) is 19.1 Å². The average Bonchev–Trinajstić information content (AvgIpc) is 2.48. The molecule has 5 nitrogen and oxygen atoms in total. The zero-order valence-electron chi connectivity index (χ0n) is 15.2. The van der Waals surface area contributed by atoms with Crippen LogP contribution in [0, 0.1) is 0 Å². The van der Waals surface area contributed by atoms with Gasteiger partial charge in [-0.2, -0.15) is 8.78 Å². The number of hydrogen-bond donors (Lipinski definition) is 1. The minimum Gasteiger partial charge on any atom is -0.444 e. The van der Waals surface area contributed by atoms with Crippen molar-refractivity contribution >= 4 is 22.0 Å². The molecule has 8 heteroatoms. The standard InChI is InChI=1S/C18H25BrF2N2O3/c1-18(2,3)26-17(24)22-13-5-4-8-23(11-13)10-12-6-7-15(14(19)9-12)25-16(20)21/h6-7,9,13,16H,4-5,8,10-11H2,1-3H3,(H,22,24)/t13-/m1/s1. The first-order valence-corrected chi connectivity index (χ1v) is 9.37. The Labute approximate surface area is 161 Å². The number of amides is 1. The van der Waals surface area contributed by atoms with Crippen LogP contribution in [0.5, 0.6) is 5.75 Å². The van der Waals surface area contributed by atoms with Gasteiger partial charge in [-0.15, -0.1) is 0 Å². The fourth-order valence-electron chi connectivity index (χ4n) is 2.88. The van der Waals surface area contributed by atoms with E-state index in [0.29, 0.717) is 17.6 Å². The summed E-state index contributed by atoms with van der Waals surface area (Å²) in [6, 6.07) is 5.12. The smallest absolute Gasteiger partial charge is 0.407 e. The number of rotatable bonds is 5. The van der Waals surface area contributed by atoms with E-state index >= 15 is 0 Å². The van der Waals surface area contributed by atoms with Crippen molar-refractivity contribution in [1.82, 2.24) is 10.2 Å². The van der Waals surface area contributed by atoms with Gasteiger partial charge in [-0.25, -0.2) is 4.79 Å². The van der Waals surface area contributed by atoms with Crippen LogP contribution in [0.4, 0.5) is 13.6 Å². The number of halogens is 3. The van der Waals surface area contributed by atoms with Gasteiger partial charge in [-0.1, -0.05) is 6.07 Å². The highest BCUT2D eigenvalue weighted by Gasteiger charge is 2.24. The van der Waals surface area contributed by atoms with Gasteiger partial charge in [0.05, 0.1) is 4.47 Å². The van der Waals surface area contributed by atoms with Crippen molar-refractivity contribution in [2.75, 3.05) is 13.1 Å². The third-order valence-electron chi connectivity index (χ3n) is 3.84. The zero-order chi connectivity index (χ0) is 19.3. The van der Waals surface area contributed by atoms with Crippen LogP contribution >= 0.6 is 15.9 Å². The Bertz CT molecular complexity index is 623. The highest BCUT2D eigenvalue weighted by Crippen LogP contribution is 2.28. The summed E-state index contributed by atoms with van der Waals surface area (Å²) in [5.74, 6) is 0.117. The number of hydrogen-bond acceptors (Lipinski definition) is 4. The van der Waals surface area contributed by atoms with Crippen molar-refractivity contribution in [2.45, 2.75) is 58.4 Å². The van der Waals surface area contributed by atoms with Gasteiger partial charge < -0.3 is 14.8 Å². The second kappa shape index (κ2) is 8.99. The summed E-state index contributed by atoms with van der Waals surface area (Å²) in [4.78, 5) is 14.2. The van der Waals surface area contributed by atoms with Crippen LogP contribution in [0.15, 0.2) is 22.7 Å². The average molecular weight is 435 g/mol. The maximum Gasteiger partial charge on any atom is 0.407 e. The first kappa shape index (κ1) is 20.9. The van der Waals surface area contributed by atoms with Gasteiger partial charge in [0.15, 0.2) is 0 Å². The monoisotopic (exact) mass is 434 g/mol. The highest BCUT2D eigenvalue weighted by molar-refractivity contribution is 9.10. The van der Waals surface area contributed by atoms with E-state index in [9.17, 15) is 13.6 Å². The number of piperidine rings is 1. The number of nitrogens with one attached hydrogen (secondary N) is 1. The SMILES string of the molecule is CC(C)(C)OC(=O)N[C@@H]1CCCN(Cc2ccc(OC(F)F)c(Br)c2)C1. The fraction of sp³-hybridized carbons (Fsp3) is 0.611. The van der Waals surface area contributed by atoms with Gasteiger partial charge in [-0.05, 0) is 73.8 Å². The second-order valence-corrected chi connectivity index (χ2v) is 8.22. The Morgan fingerprint density at radius 1 is 1.42 bits per heavy atom. The summed E-state index contributed by atoms with van der Waals surface area (Å²) in [7, 11) is 0. The summed E-state index contributed by atoms with van der Waals surface area (Å²) in [6.45, 7) is 4.95. The molecule has 1 aromatic carbocycles. The molecule has 2 rings (SSSR count). The number of alkyl halides is 2. The van der Waals surface area contributed by atoms with Crippen LogP contribution in [-0.4, -0.2) is 42.3 Å². The fourth-order valence-corrected chi connectivity index (χ4v) is 3.40. The van der Waals surface area contributed by atoms with Crippen molar-refractivity contribution in [3.05, 3.63) is 28.2 Å². The molecule has 1 atom stereocenters. The molecule has 26 heavy (non-hydrogen) atoms. The Morgan fingerprint density at radius 2 is 2.15 bits per heavy atom. The van der Waals surface area contributed by atoms with Crippen molar-refractivity contribution < 1.29 is 23.0 Å². The molecule has 1 fully saturated rings. The molecule has 0 saturated carbocycles. The summed E-state index contributed by atoms with van der Waals surface area (Å²) < 4.78 is 34.9. The van der Waals surface area contributed by atoms with Gasteiger partial charge in [-0.3, -0.25) is 4.90 Å². The Morgan fingerprint density at radius 3 is 2.77 bits per heavy atom. The summed E-state index contributed by atoms with van der Waals surface area (Å²) >= 11 is 3.26. The molecule has 1 aromatic rings. The molecular weight excluding hydrogens is 410 g/mol. The van der Waals surface area contributed by atoms with Crippen LogP contribution in [0.25, 0.3) is 0 Å². The van der Waals surface area contributed by atoms with Gasteiger partial charge >= 0.3 is 12.7 Å². The lowest BCUT2D eigenvalue weighted by atomic mass is 10.0. The molecule has 1 N–H and O–H groups in total. The summed E-state index contributed by atoms with van der Waals surface area (Å²) in [6.07, 6.45) is 1.47. The molecule has 0 aromatic heterocycles. The molecule has 146 valence electrons. The first-order chi connectivity index (χ1) is 12.1. The molecule has 1 heterocycles. The highest BCUT2D eigenvalue weighted by atomic mass is 79.9. The second-order valence-electron chi connectivity index (χ2n) is 7.36. The Balaban J connectivity index is 1.89. The molecule has 1 saturated heterocycles. The van der Waals surface area contributed by atoms with Crippen molar-refractivity contribution in [3.63, 3.8) is 0 Å². The molecule has 0 radical (unpaired) electrons. The number of benzene rings is 1. The number of alkyl carbamates (subject to hydrolysis) is 1. The number of nitrogens with zero attached hydrogens (tertiary/aromatic N) is 1. The predicted molar refractivity (Wildman–Crippen MR) is 98.4 cm³/mol. The van der Waals surface area contributed by atoms with Crippen LogP contribution < -0.4 is 10.1 Å². The van der Waals surface area contributed by atoms with E-state index in [1.807, 2.05) is 20.8 Å². The van der Waals surface area contributed by atoms with Gasteiger partial charge in [0.1, 0.15) is 11.4 Å². The maximum atomic E-state index is 12.3. The number of likely N-dealkylation sites (tertiary alicyclic amines) is 1. The molecular formula is C18H25BrF2N2O3. The minimum atomic E-state index is -2.85. The third kappa shape index (κ3) is 7.07. The lowest BCUT2D eigenvalue weighted by molar-refractivity contribution is -0.0503.